The van der Waals surface area contributed by atoms with Gasteiger partial charge in [-0.25, -0.2) is 0 Å². The Morgan fingerprint density at radius 3 is 2.81 bits per heavy atom. The standard InChI is InChI=1S/C10H24N2O2S2/c1-2-14-7-3-6-12-10(13)4-8-15-16-9-5-11/h10,12-13H,2-9,11H2,1H3. The molecular formula is C10H24N2O2S2. The van der Waals surface area contributed by atoms with Gasteiger partial charge in [0, 0.05) is 31.3 Å². The molecule has 0 aromatic rings. The zero-order chi connectivity index (χ0) is 12.1. The van der Waals surface area contributed by atoms with E-state index >= 15 is 0 Å². The maximum absolute atomic E-state index is 9.56. The number of hydrogen-bond donors (Lipinski definition) is 3. The zero-order valence-corrected chi connectivity index (χ0v) is 11.6. The van der Waals surface area contributed by atoms with Crippen molar-refractivity contribution in [1.29, 1.82) is 0 Å². The summed E-state index contributed by atoms with van der Waals surface area (Å²) in [6, 6.07) is 0. The Balaban J connectivity index is 3.09. The van der Waals surface area contributed by atoms with Crippen LogP contribution in [0.1, 0.15) is 19.8 Å². The van der Waals surface area contributed by atoms with Crippen LogP contribution in [0.4, 0.5) is 0 Å². The third-order valence-electron chi connectivity index (χ3n) is 1.81. The van der Waals surface area contributed by atoms with Crippen molar-refractivity contribution in [2.75, 3.05) is 37.8 Å². The Morgan fingerprint density at radius 2 is 2.12 bits per heavy atom. The molecular weight excluding hydrogens is 244 g/mol. The minimum absolute atomic E-state index is 0.396. The summed E-state index contributed by atoms with van der Waals surface area (Å²) in [6.07, 6.45) is 1.32. The molecule has 0 saturated carbocycles. The van der Waals surface area contributed by atoms with Gasteiger partial charge in [-0.15, -0.1) is 0 Å². The fraction of sp³-hybridized carbons (Fsp3) is 1.00. The second-order valence-corrected chi connectivity index (χ2v) is 5.94. The first-order chi connectivity index (χ1) is 7.81. The van der Waals surface area contributed by atoms with E-state index < -0.39 is 6.23 Å². The molecule has 0 aromatic carbocycles. The lowest BCUT2D eigenvalue weighted by molar-refractivity contribution is 0.117. The van der Waals surface area contributed by atoms with Gasteiger partial charge in [-0.05, 0) is 26.3 Å². The van der Waals surface area contributed by atoms with Gasteiger partial charge >= 0.3 is 0 Å². The molecule has 0 aliphatic carbocycles. The van der Waals surface area contributed by atoms with Crippen molar-refractivity contribution in [1.82, 2.24) is 5.32 Å². The number of hydrogen-bond acceptors (Lipinski definition) is 6. The first-order valence-electron chi connectivity index (χ1n) is 5.75. The van der Waals surface area contributed by atoms with E-state index in [1.54, 1.807) is 21.6 Å². The molecule has 6 heteroatoms. The number of aliphatic hydroxyl groups excluding tert-OH is 1. The zero-order valence-electron chi connectivity index (χ0n) is 9.98. The lowest BCUT2D eigenvalue weighted by Gasteiger charge is -2.12. The maximum Gasteiger partial charge on any atom is 0.105 e. The molecule has 0 aromatic heterocycles. The van der Waals surface area contributed by atoms with Crippen LogP contribution in [0.3, 0.4) is 0 Å². The third-order valence-corrected chi connectivity index (χ3v) is 4.28. The van der Waals surface area contributed by atoms with Crippen molar-refractivity contribution in [3.8, 4) is 0 Å². The van der Waals surface area contributed by atoms with Crippen molar-refractivity contribution in [3.05, 3.63) is 0 Å². The van der Waals surface area contributed by atoms with Crippen molar-refractivity contribution < 1.29 is 9.84 Å². The summed E-state index contributed by atoms with van der Waals surface area (Å²) in [7, 11) is 3.53. The number of ether oxygens (including phenoxy) is 1. The Labute approximate surface area is 106 Å². The van der Waals surface area contributed by atoms with Crippen LogP contribution in [0.2, 0.25) is 0 Å². The molecule has 4 nitrogen and oxygen atoms in total. The third kappa shape index (κ3) is 12.6. The lowest BCUT2D eigenvalue weighted by Crippen LogP contribution is -2.30. The van der Waals surface area contributed by atoms with Crippen LogP contribution in [-0.4, -0.2) is 49.1 Å². The second-order valence-electron chi connectivity index (χ2n) is 3.24. The average molecular weight is 268 g/mol. The minimum Gasteiger partial charge on any atom is -0.382 e. The van der Waals surface area contributed by atoms with Gasteiger partial charge in [0.2, 0.25) is 0 Å². The highest BCUT2D eigenvalue weighted by Gasteiger charge is 2.02. The molecule has 0 aliphatic heterocycles. The molecule has 0 spiro atoms. The molecule has 0 aliphatic rings. The highest BCUT2D eigenvalue weighted by molar-refractivity contribution is 8.76. The van der Waals surface area contributed by atoms with Crippen LogP contribution in [0.5, 0.6) is 0 Å². The normalized spacial score (nSPS) is 12.9. The van der Waals surface area contributed by atoms with Gasteiger partial charge in [0.15, 0.2) is 0 Å². The van der Waals surface area contributed by atoms with E-state index in [-0.39, 0.29) is 0 Å². The van der Waals surface area contributed by atoms with Crippen LogP contribution < -0.4 is 11.1 Å². The number of nitrogens with two attached hydrogens (primary N) is 1. The molecule has 4 N–H and O–H groups in total. The Bertz CT molecular complexity index is 128. The van der Waals surface area contributed by atoms with Crippen molar-refractivity contribution in [2.45, 2.75) is 26.0 Å². The predicted octanol–water partition coefficient (Wildman–Crippen LogP) is 1.05. The summed E-state index contributed by atoms with van der Waals surface area (Å²) in [6.45, 7) is 5.03. The average Bonchev–Trinajstić information content (AvgIpc) is 2.28. The number of rotatable bonds is 12. The van der Waals surface area contributed by atoms with Crippen LogP contribution in [0.25, 0.3) is 0 Å². The molecule has 0 radical (unpaired) electrons. The first-order valence-corrected chi connectivity index (χ1v) is 8.23. The Hall–Kier alpha value is 0.540. The monoisotopic (exact) mass is 268 g/mol. The molecule has 0 amide bonds. The summed E-state index contributed by atoms with van der Waals surface area (Å²) >= 11 is 0. The molecule has 0 rings (SSSR count). The van der Waals surface area contributed by atoms with Gasteiger partial charge in [-0.3, -0.25) is 5.32 Å². The molecule has 0 saturated heterocycles. The highest BCUT2D eigenvalue weighted by atomic mass is 33.1. The quantitative estimate of drug-likeness (QED) is 0.279. The molecule has 98 valence electrons. The second kappa shape index (κ2) is 13.6. The van der Waals surface area contributed by atoms with E-state index in [4.69, 9.17) is 10.5 Å². The molecule has 1 unspecified atom stereocenters. The summed E-state index contributed by atoms with van der Waals surface area (Å²) in [5, 5.41) is 12.6. The lowest BCUT2D eigenvalue weighted by atomic mass is 10.4. The molecule has 16 heavy (non-hydrogen) atoms. The topological polar surface area (TPSA) is 67.5 Å². The van der Waals surface area contributed by atoms with Gasteiger partial charge in [-0.2, -0.15) is 0 Å². The summed E-state index contributed by atoms with van der Waals surface area (Å²) < 4.78 is 5.20. The number of nitrogens with one attached hydrogen (secondary N) is 1. The smallest absolute Gasteiger partial charge is 0.105 e. The highest BCUT2D eigenvalue weighted by Crippen LogP contribution is 2.21. The van der Waals surface area contributed by atoms with Crippen molar-refractivity contribution in [2.24, 2.45) is 5.73 Å². The van der Waals surface area contributed by atoms with Gasteiger partial charge in [-0.1, -0.05) is 21.6 Å². The van der Waals surface area contributed by atoms with Crippen molar-refractivity contribution >= 4 is 21.6 Å². The van der Waals surface area contributed by atoms with Crippen LogP contribution >= 0.6 is 21.6 Å². The fourth-order valence-electron chi connectivity index (χ4n) is 1.02. The van der Waals surface area contributed by atoms with E-state index in [0.29, 0.717) is 0 Å². The predicted molar refractivity (Wildman–Crippen MR) is 73.7 cm³/mol. The Morgan fingerprint density at radius 1 is 1.38 bits per heavy atom. The van der Waals surface area contributed by atoms with Gasteiger partial charge < -0.3 is 15.6 Å². The molecule has 0 bridgehead atoms. The van der Waals surface area contributed by atoms with E-state index in [1.165, 1.54) is 0 Å². The molecule has 1 atom stereocenters. The fourth-order valence-corrected chi connectivity index (χ4v) is 2.95. The van der Waals surface area contributed by atoms with Crippen LogP contribution in [0.15, 0.2) is 0 Å². The molecule has 0 heterocycles. The summed E-state index contributed by atoms with van der Waals surface area (Å²) in [5.74, 6) is 1.92. The van der Waals surface area contributed by atoms with Crippen molar-refractivity contribution in [3.63, 3.8) is 0 Å². The van der Waals surface area contributed by atoms with Crippen LogP contribution in [-0.2, 0) is 4.74 Å². The van der Waals surface area contributed by atoms with E-state index in [0.717, 1.165) is 50.7 Å². The van der Waals surface area contributed by atoms with E-state index in [2.05, 4.69) is 5.32 Å². The summed E-state index contributed by atoms with van der Waals surface area (Å²) in [4.78, 5) is 0. The first kappa shape index (κ1) is 16.5. The number of aliphatic hydroxyl groups is 1. The van der Waals surface area contributed by atoms with Gasteiger partial charge in [0.25, 0.3) is 0 Å². The molecule has 0 fully saturated rings. The minimum atomic E-state index is -0.396. The van der Waals surface area contributed by atoms with Gasteiger partial charge in [0.1, 0.15) is 6.23 Å². The summed E-state index contributed by atoms with van der Waals surface area (Å²) in [5.41, 5.74) is 5.37. The van der Waals surface area contributed by atoms with E-state index in [1.807, 2.05) is 6.92 Å². The Kier molecular flexibility index (Phi) is 14.1. The van der Waals surface area contributed by atoms with Crippen LogP contribution in [0, 0.1) is 0 Å². The van der Waals surface area contributed by atoms with Gasteiger partial charge in [0.05, 0.1) is 0 Å². The SMILES string of the molecule is CCOCCCNC(O)CCSSCCN. The largest absolute Gasteiger partial charge is 0.382 e. The maximum atomic E-state index is 9.56. The van der Waals surface area contributed by atoms with E-state index in [9.17, 15) is 5.11 Å².